The number of aliphatic hydroxyl groups is 2. The highest BCUT2D eigenvalue weighted by Gasteiger charge is 2.23. The molecule has 2 heterocycles. The highest BCUT2D eigenvalue weighted by Crippen LogP contribution is 2.15. The Bertz CT molecular complexity index is 314. The molecule has 0 saturated carbocycles. The van der Waals surface area contributed by atoms with Gasteiger partial charge in [0.2, 0.25) is 0 Å². The number of hydrogen-bond acceptors (Lipinski definition) is 6. The Balaban J connectivity index is 1.36. The van der Waals surface area contributed by atoms with E-state index in [9.17, 15) is 10.2 Å². The third-order valence-electron chi connectivity index (χ3n) is 3.78. The Hall–Kier alpha value is -0.110. The van der Waals surface area contributed by atoms with Gasteiger partial charge in [-0.2, -0.15) is 0 Å². The fourth-order valence-electron chi connectivity index (χ4n) is 2.19. The van der Waals surface area contributed by atoms with Crippen molar-refractivity contribution in [1.29, 1.82) is 0 Å². The van der Waals surface area contributed by atoms with Gasteiger partial charge >= 0.3 is 0 Å². The van der Waals surface area contributed by atoms with Gasteiger partial charge in [-0.1, -0.05) is 25.3 Å². The first-order valence-electron chi connectivity index (χ1n) is 8.55. The minimum Gasteiger partial charge on any atom is -0.391 e. The molecule has 0 aromatic heterocycles. The maximum Gasteiger partial charge on any atom is 0.116 e. The minimum absolute atomic E-state index is 0.104. The number of aliphatic hydroxyl groups excluding tert-OH is 2. The second-order valence-corrected chi connectivity index (χ2v) is 6.42. The van der Waals surface area contributed by atoms with Gasteiger partial charge in [-0.15, -0.1) is 0 Å². The summed E-state index contributed by atoms with van der Waals surface area (Å²) >= 11 is 0. The fraction of sp³-hybridized carbons (Fsp3) is 1.00. The van der Waals surface area contributed by atoms with Crippen LogP contribution in [0.1, 0.15) is 6.92 Å². The van der Waals surface area contributed by atoms with Crippen LogP contribution in [0.25, 0.3) is 0 Å². The van der Waals surface area contributed by atoms with Crippen molar-refractivity contribution < 1.29 is 29.2 Å². The Morgan fingerprint density at radius 1 is 0.957 bits per heavy atom. The lowest BCUT2D eigenvalue weighted by atomic mass is 9.68. The van der Waals surface area contributed by atoms with Crippen LogP contribution >= 0.6 is 0 Å². The van der Waals surface area contributed by atoms with Crippen molar-refractivity contribution in [3.63, 3.8) is 0 Å². The van der Waals surface area contributed by atoms with Gasteiger partial charge in [-0.25, -0.2) is 0 Å². The van der Waals surface area contributed by atoms with Crippen LogP contribution < -0.4 is 0 Å². The normalized spacial score (nSPS) is 26.4. The smallest absolute Gasteiger partial charge is 0.116 e. The van der Waals surface area contributed by atoms with Crippen LogP contribution in [0.15, 0.2) is 0 Å². The van der Waals surface area contributed by atoms with Crippen LogP contribution in [-0.2, 0) is 18.9 Å². The average molecular weight is 326 g/mol. The van der Waals surface area contributed by atoms with E-state index in [0.717, 1.165) is 25.9 Å². The van der Waals surface area contributed by atoms with Crippen LogP contribution in [0.4, 0.5) is 0 Å². The summed E-state index contributed by atoms with van der Waals surface area (Å²) in [6, 6.07) is 0. The van der Waals surface area contributed by atoms with Crippen molar-refractivity contribution in [2.24, 2.45) is 0 Å². The zero-order chi connectivity index (χ0) is 16.5. The summed E-state index contributed by atoms with van der Waals surface area (Å²) in [5.74, 6) is 0. The van der Waals surface area contributed by atoms with Gasteiger partial charge in [0.05, 0.1) is 63.6 Å². The molecule has 0 bridgehead atoms. The second kappa shape index (κ2) is 10.7. The van der Waals surface area contributed by atoms with Crippen molar-refractivity contribution in [1.82, 2.24) is 0 Å². The minimum atomic E-state index is -0.485. The molecule has 2 aliphatic heterocycles. The molecule has 6 nitrogen and oxygen atoms in total. The third-order valence-corrected chi connectivity index (χ3v) is 3.78. The molecule has 2 radical (unpaired) electrons. The molecule has 5 atom stereocenters. The maximum absolute atomic E-state index is 9.80. The van der Waals surface area contributed by atoms with Gasteiger partial charge in [-0.05, 0) is 6.92 Å². The van der Waals surface area contributed by atoms with Crippen molar-refractivity contribution >= 4 is 14.6 Å². The van der Waals surface area contributed by atoms with E-state index in [2.05, 4.69) is 0 Å². The van der Waals surface area contributed by atoms with Crippen molar-refractivity contribution in [3.05, 3.63) is 0 Å². The number of ether oxygens (including phenoxy) is 4. The summed E-state index contributed by atoms with van der Waals surface area (Å²) < 4.78 is 21.2. The van der Waals surface area contributed by atoms with Crippen LogP contribution in [0.2, 0.25) is 25.3 Å². The summed E-state index contributed by atoms with van der Waals surface area (Å²) in [5, 5.41) is 19.6. The molecule has 130 valence electrons. The first-order valence-corrected chi connectivity index (χ1v) is 8.55. The van der Waals surface area contributed by atoms with E-state index in [4.69, 9.17) is 18.9 Å². The number of epoxide rings is 2. The summed E-state index contributed by atoms with van der Waals surface area (Å²) in [6.45, 7) is 4.59. The molecule has 2 N–H and O–H groups in total. The third kappa shape index (κ3) is 10.4. The average Bonchev–Trinajstić information content (AvgIpc) is 3.39. The Labute approximate surface area is 140 Å². The lowest BCUT2D eigenvalue weighted by Crippen LogP contribution is -2.26. The highest BCUT2D eigenvalue weighted by atomic mass is 16.6. The first kappa shape index (κ1) is 19.2. The first-order chi connectivity index (χ1) is 11.1. The predicted octanol–water partition coefficient (Wildman–Crippen LogP) is 0.00910. The van der Waals surface area contributed by atoms with Crippen LogP contribution in [-0.4, -0.2) is 88.3 Å². The van der Waals surface area contributed by atoms with Gasteiger partial charge in [0.1, 0.15) is 14.6 Å². The monoisotopic (exact) mass is 326 g/mol. The lowest BCUT2D eigenvalue weighted by molar-refractivity contribution is -0.0492. The fourth-order valence-corrected chi connectivity index (χ4v) is 2.19. The summed E-state index contributed by atoms with van der Waals surface area (Å²) in [5.41, 5.74) is 0. The largest absolute Gasteiger partial charge is 0.391 e. The molecule has 0 aliphatic carbocycles. The molecule has 2 fully saturated rings. The number of hydrogen-bond donors (Lipinski definition) is 2. The molecule has 2 saturated heterocycles. The van der Waals surface area contributed by atoms with E-state index in [0.29, 0.717) is 44.7 Å². The van der Waals surface area contributed by atoms with Gasteiger partial charge in [0, 0.05) is 0 Å². The van der Waals surface area contributed by atoms with Crippen molar-refractivity contribution in [2.75, 3.05) is 33.0 Å². The highest BCUT2D eigenvalue weighted by molar-refractivity contribution is 6.36. The summed E-state index contributed by atoms with van der Waals surface area (Å²) in [7, 11) is 4.09. The van der Waals surface area contributed by atoms with Crippen LogP contribution in [0.5, 0.6) is 0 Å². The van der Waals surface area contributed by atoms with Crippen molar-refractivity contribution in [3.8, 4) is 0 Å². The van der Waals surface area contributed by atoms with E-state index >= 15 is 0 Å². The molecule has 0 spiro atoms. The molecule has 0 aromatic rings. The van der Waals surface area contributed by atoms with E-state index in [-0.39, 0.29) is 6.10 Å². The SMILES string of the molecule is CC(COCC(O)C[B]CC1CO1)OCC(O)C[B]CC1CO1. The molecule has 5 unspecified atom stereocenters. The zero-order valence-electron chi connectivity index (χ0n) is 13.9. The maximum atomic E-state index is 9.80. The lowest BCUT2D eigenvalue weighted by Gasteiger charge is -2.17. The molecule has 2 aliphatic rings. The van der Waals surface area contributed by atoms with Gasteiger partial charge < -0.3 is 29.2 Å². The second-order valence-electron chi connectivity index (χ2n) is 6.42. The van der Waals surface area contributed by atoms with Crippen LogP contribution in [0, 0.1) is 0 Å². The Kier molecular flexibility index (Phi) is 8.93. The van der Waals surface area contributed by atoms with E-state index in [1.807, 2.05) is 21.5 Å². The summed E-state index contributed by atoms with van der Waals surface area (Å²) in [6.07, 6.45) is 2.71. The molecule has 23 heavy (non-hydrogen) atoms. The predicted molar refractivity (Wildman–Crippen MR) is 88.5 cm³/mol. The molecule has 2 rings (SSSR count). The molecular weight excluding hydrogens is 298 g/mol. The van der Waals surface area contributed by atoms with Gasteiger partial charge in [0.15, 0.2) is 0 Å². The summed E-state index contributed by atoms with van der Waals surface area (Å²) in [4.78, 5) is 0. The standard InChI is InChI=1S/C15H28B2O6/c1-11(21-8-13(19)3-17-5-15-10-23-15)6-20-7-12(18)2-16-4-14-9-22-14/h11-15,18-19H,2-10H2,1H3. The quantitative estimate of drug-likeness (QED) is 0.326. The zero-order valence-corrected chi connectivity index (χ0v) is 13.9. The topological polar surface area (TPSA) is 84.0 Å². The molecular formula is C15H28B2O6. The van der Waals surface area contributed by atoms with Gasteiger partial charge in [-0.3, -0.25) is 0 Å². The van der Waals surface area contributed by atoms with E-state index in [1.165, 1.54) is 0 Å². The number of rotatable bonds is 15. The van der Waals surface area contributed by atoms with E-state index < -0.39 is 12.2 Å². The van der Waals surface area contributed by atoms with E-state index in [1.54, 1.807) is 0 Å². The van der Waals surface area contributed by atoms with Gasteiger partial charge in [0.25, 0.3) is 0 Å². The van der Waals surface area contributed by atoms with Crippen LogP contribution in [0.3, 0.4) is 0 Å². The molecule has 8 heteroatoms. The van der Waals surface area contributed by atoms with Crippen molar-refractivity contribution in [2.45, 2.75) is 62.7 Å². The molecule has 0 amide bonds. The molecule has 0 aromatic carbocycles. The Morgan fingerprint density at radius 3 is 2.00 bits per heavy atom. The Morgan fingerprint density at radius 2 is 1.48 bits per heavy atom.